The molecule has 0 saturated carbocycles. The Kier molecular flexibility index (Phi) is 8.75. The van der Waals surface area contributed by atoms with E-state index in [0.717, 1.165) is 25.7 Å². The number of rotatable bonds is 8. The van der Waals surface area contributed by atoms with Gasteiger partial charge in [-0.2, -0.15) is 0 Å². The molecule has 0 heterocycles. The summed E-state index contributed by atoms with van der Waals surface area (Å²) in [7, 11) is -1.02. The Balaban J connectivity index is 3.60. The molecule has 0 atom stereocenters. The van der Waals surface area contributed by atoms with E-state index in [1.54, 1.807) is 0 Å². The van der Waals surface area contributed by atoms with E-state index in [4.69, 9.17) is 9.47 Å². The summed E-state index contributed by atoms with van der Waals surface area (Å²) >= 11 is 0. The number of ether oxygens (including phenoxy) is 2. The topological polar surface area (TPSA) is 30.5 Å². The first-order chi connectivity index (χ1) is 6.20. The molecule has 0 aliphatic heterocycles. The minimum atomic E-state index is -1.02. The van der Waals surface area contributed by atoms with Crippen LogP contribution in [-0.2, 0) is 9.47 Å². The molecule has 1 N–H and O–H groups in total. The van der Waals surface area contributed by atoms with Gasteiger partial charge in [-0.3, -0.25) is 0 Å². The molecule has 13 heavy (non-hydrogen) atoms. The van der Waals surface area contributed by atoms with Crippen LogP contribution in [0.15, 0.2) is 0 Å². The van der Waals surface area contributed by atoms with Crippen LogP contribution in [0.3, 0.4) is 0 Å². The molecule has 0 fully saturated rings. The lowest BCUT2D eigenvalue weighted by atomic mass is 10.4. The zero-order valence-electron chi connectivity index (χ0n) is 9.30. The van der Waals surface area contributed by atoms with Gasteiger partial charge in [0.05, 0.1) is 12.5 Å². The van der Waals surface area contributed by atoms with Crippen LogP contribution in [-0.4, -0.2) is 40.7 Å². The third-order valence-corrected chi connectivity index (χ3v) is 4.03. The van der Waals surface area contributed by atoms with Crippen molar-refractivity contribution in [2.75, 3.05) is 25.7 Å². The van der Waals surface area contributed by atoms with E-state index in [1.807, 2.05) is 13.8 Å². The lowest BCUT2D eigenvalue weighted by Crippen LogP contribution is -2.46. The molecule has 3 nitrogen and oxygen atoms in total. The van der Waals surface area contributed by atoms with Crippen molar-refractivity contribution in [1.82, 2.24) is 4.98 Å². The molecule has 0 amide bonds. The van der Waals surface area contributed by atoms with Gasteiger partial charge in [0.15, 0.2) is 8.96 Å². The summed E-state index contributed by atoms with van der Waals surface area (Å²) in [5.41, 5.74) is 0. The zero-order chi connectivity index (χ0) is 10.1. The Morgan fingerprint density at radius 2 is 1.54 bits per heavy atom. The van der Waals surface area contributed by atoms with Gasteiger partial charge in [-0.25, -0.2) is 0 Å². The fourth-order valence-corrected chi connectivity index (χ4v) is 3.41. The molecule has 0 aromatic carbocycles. The second-order valence-electron chi connectivity index (χ2n) is 3.34. The van der Waals surface area contributed by atoms with Gasteiger partial charge in [-0.1, -0.05) is 13.8 Å². The SMILES string of the molecule is CCOC[SiH](COCC)NC(C)C. The molecule has 0 spiro atoms. The van der Waals surface area contributed by atoms with Gasteiger partial charge in [-0.05, 0) is 19.9 Å². The van der Waals surface area contributed by atoms with Crippen LogP contribution in [0.1, 0.15) is 27.7 Å². The first-order valence-corrected chi connectivity index (χ1v) is 7.33. The second-order valence-corrected chi connectivity index (χ2v) is 5.73. The van der Waals surface area contributed by atoms with Gasteiger partial charge in [0, 0.05) is 13.2 Å². The smallest absolute Gasteiger partial charge is 0.163 e. The van der Waals surface area contributed by atoms with Gasteiger partial charge < -0.3 is 14.5 Å². The van der Waals surface area contributed by atoms with E-state index >= 15 is 0 Å². The van der Waals surface area contributed by atoms with Crippen LogP contribution in [0.2, 0.25) is 0 Å². The Morgan fingerprint density at radius 3 is 1.85 bits per heavy atom. The van der Waals surface area contributed by atoms with Crippen molar-refractivity contribution in [2.45, 2.75) is 33.7 Å². The first-order valence-electron chi connectivity index (χ1n) is 5.12. The van der Waals surface area contributed by atoms with E-state index < -0.39 is 8.96 Å². The predicted octanol–water partition coefficient (Wildman–Crippen LogP) is 0.860. The van der Waals surface area contributed by atoms with Crippen LogP contribution in [0.4, 0.5) is 0 Å². The largest absolute Gasteiger partial charge is 0.384 e. The highest BCUT2D eigenvalue weighted by Gasteiger charge is 2.11. The quantitative estimate of drug-likeness (QED) is 0.596. The third-order valence-electron chi connectivity index (χ3n) is 1.62. The summed E-state index contributed by atoms with van der Waals surface area (Å²) in [6.07, 6.45) is 1.74. The minimum absolute atomic E-state index is 0.539. The van der Waals surface area contributed by atoms with Crippen molar-refractivity contribution in [3.63, 3.8) is 0 Å². The Hall–Kier alpha value is 0.0969. The first kappa shape index (κ1) is 13.1. The summed E-state index contributed by atoms with van der Waals surface area (Å²) in [6.45, 7) is 9.99. The summed E-state index contributed by atoms with van der Waals surface area (Å²) in [6, 6.07) is 0.539. The minimum Gasteiger partial charge on any atom is -0.384 e. The van der Waals surface area contributed by atoms with Crippen molar-refractivity contribution in [1.29, 1.82) is 0 Å². The Morgan fingerprint density at radius 1 is 1.08 bits per heavy atom. The van der Waals surface area contributed by atoms with E-state index in [2.05, 4.69) is 18.8 Å². The summed E-state index contributed by atoms with van der Waals surface area (Å²) in [4.78, 5) is 3.54. The molecule has 0 aliphatic carbocycles. The molecule has 0 rings (SSSR count). The van der Waals surface area contributed by atoms with Crippen LogP contribution in [0.25, 0.3) is 0 Å². The molecule has 0 aromatic rings. The van der Waals surface area contributed by atoms with E-state index in [9.17, 15) is 0 Å². The van der Waals surface area contributed by atoms with Gasteiger partial charge in [0.2, 0.25) is 0 Å². The number of nitrogens with one attached hydrogen (secondary N) is 1. The van der Waals surface area contributed by atoms with Gasteiger partial charge >= 0.3 is 0 Å². The molecule has 0 aromatic heterocycles. The van der Waals surface area contributed by atoms with Crippen molar-refractivity contribution in [3.8, 4) is 0 Å². The lowest BCUT2D eigenvalue weighted by molar-refractivity contribution is 0.164. The van der Waals surface area contributed by atoms with Crippen molar-refractivity contribution < 1.29 is 9.47 Å². The standard InChI is InChI=1S/C9H23NO2Si/c1-5-11-7-13(8-12-6-2)10-9(3)4/h9-10,13H,5-8H2,1-4H3. The van der Waals surface area contributed by atoms with Crippen molar-refractivity contribution in [3.05, 3.63) is 0 Å². The maximum absolute atomic E-state index is 5.41. The maximum atomic E-state index is 5.41. The molecular formula is C9H23NO2Si. The van der Waals surface area contributed by atoms with E-state index in [-0.39, 0.29) is 0 Å². The highest BCUT2D eigenvalue weighted by molar-refractivity contribution is 6.55. The fourth-order valence-electron chi connectivity index (χ4n) is 1.14. The van der Waals surface area contributed by atoms with Crippen molar-refractivity contribution in [2.24, 2.45) is 0 Å². The summed E-state index contributed by atoms with van der Waals surface area (Å²) in [5, 5.41) is 0. The lowest BCUT2D eigenvalue weighted by Gasteiger charge is -2.19. The molecule has 0 bridgehead atoms. The average molecular weight is 205 g/mol. The average Bonchev–Trinajstić information content (AvgIpc) is 2.09. The normalized spacial score (nSPS) is 11.5. The highest BCUT2D eigenvalue weighted by atomic mass is 28.3. The van der Waals surface area contributed by atoms with Crippen LogP contribution >= 0.6 is 0 Å². The molecular weight excluding hydrogens is 182 g/mol. The summed E-state index contributed by atoms with van der Waals surface area (Å²) < 4.78 is 10.8. The van der Waals surface area contributed by atoms with Gasteiger partial charge in [0.1, 0.15) is 0 Å². The van der Waals surface area contributed by atoms with Gasteiger partial charge in [0.25, 0.3) is 0 Å². The fraction of sp³-hybridized carbons (Fsp3) is 1.00. The monoisotopic (exact) mass is 205 g/mol. The van der Waals surface area contributed by atoms with Crippen LogP contribution in [0, 0.1) is 0 Å². The molecule has 0 radical (unpaired) electrons. The molecule has 0 aliphatic rings. The molecule has 0 unspecified atom stereocenters. The number of hydrogen-bond acceptors (Lipinski definition) is 3. The Bertz CT molecular complexity index is 104. The Labute approximate surface area is 83.5 Å². The maximum Gasteiger partial charge on any atom is 0.163 e. The zero-order valence-corrected chi connectivity index (χ0v) is 10.5. The molecule has 80 valence electrons. The highest BCUT2D eigenvalue weighted by Crippen LogP contribution is 1.87. The van der Waals surface area contributed by atoms with Crippen molar-refractivity contribution >= 4 is 8.96 Å². The third kappa shape index (κ3) is 8.43. The molecule has 4 heteroatoms. The number of hydrogen-bond donors (Lipinski definition) is 1. The predicted molar refractivity (Wildman–Crippen MR) is 58.4 cm³/mol. The van der Waals surface area contributed by atoms with Crippen LogP contribution in [0.5, 0.6) is 0 Å². The summed E-state index contributed by atoms with van der Waals surface area (Å²) in [5.74, 6) is 0. The van der Waals surface area contributed by atoms with E-state index in [0.29, 0.717) is 6.04 Å². The second kappa shape index (κ2) is 8.68. The van der Waals surface area contributed by atoms with Gasteiger partial charge in [-0.15, -0.1) is 0 Å². The van der Waals surface area contributed by atoms with E-state index in [1.165, 1.54) is 0 Å². The van der Waals surface area contributed by atoms with Crippen LogP contribution < -0.4 is 4.98 Å². The molecule has 0 saturated heterocycles.